The van der Waals surface area contributed by atoms with E-state index in [1.165, 1.54) is 18.4 Å². The predicted octanol–water partition coefficient (Wildman–Crippen LogP) is 4.53. The number of rotatable bonds is 10. The molecule has 2 aromatic carbocycles. The lowest BCUT2D eigenvalue weighted by atomic mass is 10.2. The van der Waals surface area contributed by atoms with Crippen molar-refractivity contribution in [1.29, 1.82) is 0 Å². The first-order chi connectivity index (χ1) is 15.6. The van der Waals surface area contributed by atoms with Gasteiger partial charge in [-0.2, -0.15) is 5.10 Å². The summed E-state index contributed by atoms with van der Waals surface area (Å²) in [5.74, 6) is 1.16. The molecule has 0 aliphatic carbocycles. The van der Waals surface area contributed by atoms with Gasteiger partial charge in [0.1, 0.15) is 11.5 Å². The summed E-state index contributed by atoms with van der Waals surface area (Å²) in [6.45, 7) is 2.31. The van der Waals surface area contributed by atoms with E-state index in [1.807, 2.05) is 37.3 Å². The van der Waals surface area contributed by atoms with Crippen LogP contribution in [0.2, 0.25) is 0 Å². The molecule has 32 heavy (non-hydrogen) atoms. The Morgan fingerprint density at radius 3 is 2.41 bits per heavy atom. The Morgan fingerprint density at radius 1 is 1.12 bits per heavy atom. The Morgan fingerprint density at radius 2 is 1.81 bits per heavy atom. The molecule has 0 amide bonds. The number of aryl methyl sites for hydroxylation is 1. The van der Waals surface area contributed by atoms with Crippen molar-refractivity contribution in [2.75, 3.05) is 26.8 Å². The summed E-state index contributed by atoms with van der Waals surface area (Å²) >= 11 is 1.19. The van der Waals surface area contributed by atoms with Crippen LogP contribution in [0.3, 0.4) is 0 Å². The van der Waals surface area contributed by atoms with E-state index in [2.05, 4.69) is 15.5 Å². The maximum absolute atomic E-state index is 11.9. The van der Waals surface area contributed by atoms with Gasteiger partial charge < -0.3 is 18.9 Å². The Kier molecular flexibility index (Phi) is 8.04. The van der Waals surface area contributed by atoms with E-state index < -0.39 is 5.97 Å². The van der Waals surface area contributed by atoms with Crippen LogP contribution in [0.25, 0.3) is 0 Å². The Labute approximate surface area is 190 Å². The van der Waals surface area contributed by atoms with Crippen molar-refractivity contribution in [2.24, 2.45) is 5.10 Å². The second-order valence-electron chi connectivity index (χ2n) is 6.54. The van der Waals surface area contributed by atoms with Crippen LogP contribution < -0.4 is 19.6 Å². The van der Waals surface area contributed by atoms with Crippen molar-refractivity contribution in [3.63, 3.8) is 0 Å². The molecule has 1 N–H and O–H groups in total. The molecular weight excluding hydrogens is 430 g/mol. The van der Waals surface area contributed by atoms with Crippen LogP contribution in [0.5, 0.6) is 17.2 Å². The zero-order chi connectivity index (χ0) is 22.9. The Balaban J connectivity index is 1.76. The van der Waals surface area contributed by atoms with Gasteiger partial charge in [0, 0.05) is 5.56 Å². The maximum atomic E-state index is 11.9. The molecule has 3 aromatic rings. The van der Waals surface area contributed by atoms with E-state index >= 15 is 0 Å². The first-order valence-corrected chi connectivity index (χ1v) is 10.7. The third-order valence-corrected chi connectivity index (χ3v) is 5.47. The molecule has 0 aliphatic rings. The molecular formula is C23H25N3O5S. The van der Waals surface area contributed by atoms with Crippen LogP contribution in [0.1, 0.15) is 33.4 Å². The number of nitrogens with one attached hydrogen (secondary N) is 1. The first kappa shape index (κ1) is 23.1. The highest BCUT2D eigenvalue weighted by molar-refractivity contribution is 7.17. The van der Waals surface area contributed by atoms with Crippen molar-refractivity contribution in [1.82, 2.24) is 4.98 Å². The summed E-state index contributed by atoms with van der Waals surface area (Å²) < 4.78 is 21.8. The minimum absolute atomic E-state index is 0.384. The third-order valence-electron chi connectivity index (χ3n) is 4.49. The second-order valence-corrected chi connectivity index (χ2v) is 7.54. The van der Waals surface area contributed by atoms with Gasteiger partial charge in [-0.15, -0.1) is 0 Å². The minimum Gasteiger partial charge on any atom is -0.493 e. The highest BCUT2D eigenvalue weighted by Crippen LogP contribution is 2.38. The van der Waals surface area contributed by atoms with Gasteiger partial charge in [0.05, 0.1) is 33.2 Å². The highest BCUT2D eigenvalue weighted by atomic mass is 32.1. The number of hydrogen-bond donors (Lipinski definition) is 1. The predicted molar refractivity (Wildman–Crippen MR) is 124 cm³/mol. The first-order valence-electron chi connectivity index (χ1n) is 9.89. The molecule has 9 heteroatoms. The molecule has 1 aromatic heterocycles. The van der Waals surface area contributed by atoms with Crippen LogP contribution in [0, 0.1) is 0 Å². The number of anilines is 1. The molecule has 168 valence electrons. The zero-order valence-corrected chi connectivity index (χ0v) is 19.2. The quantitative estimate of drug-likeness (QED) is 0.273. The number of benzene rings is 2. The SMILES string of the molecule is CCc1nc(N/N=C\c2cc(OC)c(OCc3ccccc3)c(OC)c2)sc1C(=O)OC. The molecule has 8 nitrogen and oxygen atoms in total. The monoisotopic (exact) mass is 455 g/mol. The van der Waals surface area contributed by atoms with Gasteiger partial charge in [-0.1, -0.05) is 48.6 Å². The van der Waals surface area contributed by atoms with Crippen LogP contribution >= 0.6 is 11.3 Å². The van der Waals surface area contributed by atoms with Gasteiger partial charge in [-0.05, 0) is 24.1 Å². The summed E-state index contributed by atoms with van der Waals surface area (Å²) in [5.41, 5.74) is 5.30. The van der Waals surface area contributed by atoms with E-state index in [-0.39, 0.29) is 0 Å². The van der Waals surface area contributed by atoms with E-state index in [1.54, 1.807) is 32.6 Å². The molecule has 0 spiro atoms. The summed E-state index contributed by atoms with van der Waals surface area (Å²) in [5, 5.41) is 4.73. The maximum Gasteiger partial charge on any atom is 0.350 e. The fourth-order valence-corrected chi connectivity index (χ4v) is 3.82. The normalized spacial score (nSPS) is 10.8. The van der Waals surface area contributed by atoms with Crippen molar-refractivity contribution in [3.8, 4) is 17.2 Å². The van der Waals surface area contributed by atoms with Crippen molar-refractivity contribution < 1.29 is 23.7 Å². The molecule has 3 rings (SSSR count). The summed E-state index contributed by atoms with van der Waals surface area (Å²) in [4.78, 5) is 16.7. The van der Waals surface area contributed by atoms with Crippen molar-refractivity contribution in [2.45, 2.75) is 20.0 Å². The summed E-state index contributed by atoms with van der Waals surface area (Å²) in [7, 11) is 4.49. The molecule has 0 saturated carbocycles. The van der Waals surface area contributed by atoms with Crippen LogP contribution in [0.4, 0.5) is 5.13 Å². The van der Waals surface area contributed by atoms with E-state index in [0.29, 0.717) is 46.0 Å². The molecule has 0 aliphatic heterocycles. The number of hydrazone groups is 1. The number of ether oxygens (including phenoxy) is 4. The lowest BCUT2D eigenvalue weighted by Gasteiger charge is -2.15. The lowest BCUT2D eigenvalue weighted by Crippen LogP contribution is -2.01. The largest absolute Gasteiger partial charge is 0.493 e. The molecule has 0 fully saturated rings. The van der Waals surface area contributed by atoms with Crippen LogP contribution in [0.15, 0.2) is 47.6 Å². The zero-order valence-electron chi connectivity index (χ0n) is 18.4. The Hall–Kier alpha value is -3.59. The number of nitrogens with zero attached hydrogens (tertiary/aromatic N) is 2. The topological polar surface area (TPSA) is 91.3 Å². The second kappa shape index (κ2) is 11.1. The van der Waals surface area contributed by atoms with Gasteiger partial charge >= 0.3 is 5.97 Å². The van der Waals surface area contributed by atoms with E-state index in [0.717, 1.165) is 11.1 Å². The van der Waals surface area contributed by atoms with Gasteiger partial charge in [0.2, 0.25) is 10.9 Å². The number of thiazole rings is 1. The van der Waals surface area contributed by atoms with E-state index in [4.69, 9.17) is 18.9 Å². The number of hydrogen-bond acceptors (Lipinski definition) is 9. The smallest absolute Gasteiger partial charge is 0.350 e. The van der Waals surface area contributed by atoms with Gasteiger partial charge in [-0.25, -0.2) is 9.78 Å². The van der Waals surface area contributed by atoms with Gasteiger partial charge in [0.25, 0.3) is 0 Å². The average molecular weight is 456 g/mol. The highest BCUT2D eigenvalue weighted by Gasteiger charge is 2.17. The minimum atomic E-state index is -0.406. The number of esters is 1. The molecule has 0 atom stereocenters. The number of carbonyl (C=O) groups excluding carboxylic acids is 1. The average Bonchev–Trinajstić information content (AvgIpc) is 3.25. The lowest BCUT2D eigenvalue weighted by molar-refractivity contribution is 0.0605. The molecule has 0 bridgehead atoms. The number of aromatic nitrogens is 1. The third kappa shape index (κ3) is 5.55. The van der Waals surface area contributed by atoms with Crippen LogP contribution in [-0.2, 0) is 17.8 Å². The summed E-state index contributed by atoms with van der Waals surface area (Å²) in [6.07, 6.45) is 2.22. The van der Waals surface area contributed by atoms with E-state index in [9.17, 15) is 4.79 Å². The molecule has 1 heterocycles. The summed E-state index contributed by atoms with van der Waals surface area (Å²) in [6, 6.07) is 13.4. The van der Waals surface area contributed by atoms with Crippen LogP contribution in [-0.4, -0.2) is 38.5 Å². The van der Waals surface area contributed by atoms with Gasteiger partial charge in [-0.3, -0.25) is 5.43 Å². The fraction of sp³-hybridized carbons (Fsp3) is 0.261. The fourth-order valence-electron chi connectivity index (χ4n) is 2.90. The van der Waals surface area contributed by atoms with Crippen molar-refractivity contribution in [3.05, 3.63) is 64.2 Å². The molecule has 0 unspecified atom stereocenters. The number of carbonyl (C=O) groups is 1. The Bertz CT molecular complexity index is 1060. The number of methoxy groups -OCH3 is 3. The molecule has 0 radical (unpaired) electrons. The molecule has 0 saturated heterocycles. The standard InChI is InChI=1S/C23H25N3O5S/c1-5-17-21(22(27)30-4)32-23(25-17)26-24-13-16-11-18(28-2)20(19(12-16)29-3)31-14-15-9-7-6-8-10-15/h6-13H,5,14H2,1-4H3,(H,25,26)/b24-13-. The van der Waals surface area contributed by atoms with Crippen molar-refractivity contribution >= 4 is 28.7 Å². The van der Waals surface area contributed by atoms with Gasteiger partial charge in [0.15, 0.2) is 11.5 Å².